The van der Waals surface area contributed by atoms with Crippen LogP contribution in [0.5, 0.6) is 0 Å². The summed E-state index contributed by atoms with van der Waals surface area (Å²) >= 11 is 0. The Morgan fingerprint density at radius 2 is 1.17 bits per heavy atom. The number of nitrogens with zero attached hydrogens (tertiary/aromatic N) is 4. The van der Waals surface area contributed by atoms with Crippen LogP contribution < -0.4 is 10.6 Å². The lowest BCUT2D eigenvalue weighted by atomic mass is 9.79. The summed E-state index contributed by atoms with van der Waals surface area (Å²) in [4.78, 5) is 56.9. The van der Waals surface area contributed by atoms with Gasteiger partial charge < -0.3 is 15.4 Å². The van der Waals surface area contributed by atoms with Crippen LogP contribution in [-0.2, 0) is 45.1 Å². The summed E-state index contributed by atoms with van der Waals surface area (Å²) in [5.41, 5.74) is 5.60. The van der Waals surface area contributed by atoms with Crippen LogP contribution in [0.4, 0.5) is 0 Å². The highest BCUT2D eigenvalue weighted by atomic mass is 16.6. The number of ether oxygens (including phenoxy) is 1. The first kappa shape index (κ1) is 41.4. The Morgan fingerprint density at radius 1 is 0.704 bits per heavy atom. The highest BCUT2D eigenvalue weighted by Crippen LogP contribution is 2.27. The fourth-order valence-corrected chi connectivity index (χ4v) is 6.55. The number of aromatic nitrogens is 4. The summed E-state index contributed by atoms with van der Waals surface area (Å²) in [5, 5.41) is 14.1. The van der Waals surface area contributed by atoms with Gasteiger partial charge in [0.05, 0.1) is 11.8 Å². The van der Waals surface area contributed by atoms with E-state index in [0.29, 0.717) is 17.8 Å². The Hall–Kier alpha value is -5.39. The van der Waals surface area contributed by atoms with Crippen LogP contribution in [0.25, 0.3) is 0 Å². The lowest BCUT2D eigenvalue weighted by Gasteiger charge is -2.38. The number of aryl methyl sites for hydroxylation is 6. The number of rotatable bonds is 13. The van der Waals surface area contributed by atoms with E-state index in [9.17, 15) is 24.0 Å². The molecule has 2 aromatic heterocycles. The average molecular weight is 739 g/mol. The maximum absolute atomic E-state index is 12.5. The smallest absolute Gasteiger partial charge is 0.304 e. The fraction of sp³-hybridized carbons (Fsp3) is 0.452. The molecule has 4 heterocycles. The van der Waals surface area contributed by atoms with E-state index in [0.717, 1.165) is 37.3 Å². The molecule has 54 heavy (non-hydrogen) atoms. The molecule has 6 rings (SSSR count). The molecule has 0 saturated carbocycles. The van der Waals surface area contributed by atoms with Crippen molar-refractivity contribution in [3.8, 4) is 0 Å². The van der Waals surface area contributed by atoms with E-state index in [-0.39, 0.29) is 59.1 Å². The topological polar surface area (TPSA) is 154 Å². The summed E-state index contributed by atoms with van der Waals surface area (Å²) in [5.74, 6) is -0.0954. The quantitative estimate of drug-likeness (QED) is 0.101. The van der Waals surface area contributed by atoms with Crippen LogP contribution in [0.15, 0.2) is 72.8 Å². The summed E-state index contributed by atoms with van der Waals surface area (Å²) in [7, 11) is 0. The molecule has 12 heteroatoms. The second-order valence-corrected chi connectivity index (χ2v) is 14.6. The summed E-state index contributed by atoms with van der Waals surface area (Å²) in [6.07, 6.45) is 1.73. The van der Waals surface area contributed by atoms with Gasteiger partial charge in [-0.15, -0.1) is 0 Å². The minimum atomic E-state index is -0.407. The lowest BCUT2D eigenvalue weighted by molar-refractivity contribution is -0.170. The summed E-state index contributed by atoms with van der Waals surface area (Å²) < 4.78 is 8.64. The normalized spacial score (nSPS) is 18.6. The molecule has 2 fully saturated rings. The highest BCUT2D eigenvalue weighted by molar-refractivity contribution is 5.97. The SMILES string of the molecule is CC(=O)O[C@H]1NC(=O)[C@@H]1C(C)C.CC(=O)c1cc(C)n(CCc2ccccc2)n1.Cc1cc(C(=O)C[C@H]2NC(=O)[C@@H]2C(C)C)nn1CCc1ccccc1. The van der Waals surface area contributed by atoms with Crippen LogP contribution in [-0.4, -0.2) is 61.2 Å². The third-order valence-electron chi connectivity index (χ3n) is 9.63. The Bertz CT molecular complexity index is 1900. The molecule has 0 bridgehead atoms. The van der Waals surface area contributed by atoms with Crippen molar-refractivity contribution in [1.29, 1.82) is 0 Å². The summed E-state index contributed by atoms with van der Waals surface area (Å²) in [6, 6.07) is 24.2. The molecule has 2 aromatic carbocycles. The van der Waals surface area contributed by atoms with Gasteiger partial charge in [-0.05, 0) is 61.8 Å². The van der Waals surface area contributed by atoms with Crippen molar-refractivity contribution in [2.24, 2.45) is 23.7 Å². The first-order valence-electron chi connectivity index (χ1n) is 18.6. The van der Waals surface area contributed by atoms with Gasteiger partial charge in [-0.3, -0.25) is 33.3 Å². The highest BCUT2D eigenvalue weighted by Gasteiger charge is 2.44. The van der Waals surface area contributed by atoms with E-state index in [4.69, 9.17) is 4.74 Å². The number of hydrogen-bond donors (Lipinski definition) is 2. The van der Waals surface area contributed by atoms with Crippen molar-refractivity contribution >= 4 is 29.4 Å². The number of β-lactam (4-membered cyclic amide) rings is 2. The zero-order chi connectivity index (χ0) is 39.5. The lowest BCUT2D eigenvalue weighted by Crippen LogP contribution is -2.61. The van der Waals surface area contributed by atoms with Gasteiger partial charge in [-0.1, -0.05) is 88.4 Å². The number of benzene rings is 2. The molecule has 0 radical (unpaired) electrons. The number of Topliss-reactive ketones (excluding diaryl/α,β-unsaturated/α-hetero) is 2. The van der Waals surface area contributed by atoms with Crippen molar-refractivity contribution < 1.29 is 28.7 Å². The number of carbonyl (C=O) groups is 5. The van der Waals surface area contributed by atoms with Crippen LogP contribution in [0.1, 0.15) is 91.5 Å². The Balaban J connectivity index is 0.000000194. The van der Waals surface area contributed by atoms with Crippen molar-refractivity contribution in [2.45, 2.75) is 100 Å². The second kappa shape index (κ2) is 19.1. The summed E-state index contributed by atoms with van der Waals surface area (Å²) in [6.45, 7) is 16.3. The molecule has 4 aromatic rings. The van der Waals surface area contributed by atoms with Crippen molar-refractivity contribution in [2.75, 3.05) is 0 Å². The zero-order valence-corrected chi connectivity index (χ0v) is 32.7. The second-order valence-electron chi connectivity index (χ2n) is 14.6. The van der Waals surface area contributed by atoms with Crippen LogP contribution in [0.2, 0.25) is 0 Å². The predicted octanol–water partition coefficient (Wildman–Crippen LogP) is 5.69. The van der Waals surface area contributed by atoms with E-state index in [1.165, 1.54) is 18.1 Å². The van der Waals surface area contributed by atoms with Gasteiger partial charge in [-0.2, -0.15) is 10.2 Å². The Kier molecular flexibility index (Phi) is 14.6. The molecule has 2 N–H and O–H groups in total. The number of hydrogen-bond acceptors (Lipinski definition) is 8. The minimum Gasteiger partial charge on any atom is -0.441 e. The third-order valence-corrected chi connectivity index (χ3v) is 9.63. The molecule has 0 aliphatic carbocycles. The Morgan fingerprint density at radius 3 is 1.57 bits per heavy atom. The van der Waals surface area contributed by atoms with E-state index >= 15 is 0 Å². The number of esters is 1. The van der Waals surface area contributed by atoms with E-state index in [1.807, 2.05) is 99.4 Å². The van der Waals surface area contributed by atoms with Crippen LogP contribution >= 0.6 is 0 Å². The molecular formula is C42H54N6O6. The molecule has 12 nitrogen and oxygen atoms in total. The molecule has 2 saturated heterocycles. The number of ketones is 2. The van der Waals surface area contributed by atoms with Gasteiger partial charge in [0.25, 0.3) is 0 Å². The van der Waals surface area contributed by atoms with E-state index in [1.54, 1.807) is 6.92 Å². The predicted molar refractivity (Wildman–Crippen MR) is 205 cm³/mol. The van der Waals surface area contributed by atoms with Gasteiger partial charge >= 0.3 is 5.97 Å². The van der Waals surface area contributed by atoms with E-state index in [2.05, 4.69) is 45.1 Å². The molecule has 2 aliphatic heterocycles. The molecule has 0 unspecified atom stereocenters. The van der Waals surface area contributed by atoms with E-state index < -0.39 is 6.23 Å². The number of amides is 2. The fourth-order valence-electron chi connectivity index (χ4n) is 6.55. The average Bonchev–Trinajstić information content (AvgIpc) is 3.68. The first-order valence-corrected chi connectivity index (χ1v) is 18.6. The monoisotopic (exact) mass is 738 g/mol. The maximum atomic E-state index is 12.5. The molecule has 4 atom stereocenters. The molecule has 288 valence electrons. The number of nitrogens with one attached hydrogen (secondary N) is 2. The largest absolute Gasteiger partial charge is 0.441 e. The molecular weight excluding hydrogens is 684 g/mol. The molecule has 2 amide bonds. The zero-order valence-electron chi connectivity index (χ0n) is 32.7. The molecule has 2 aliphatic rings. The van der Waals surface area contributed by atoms with Crippen molar-refractivity contribution in [3.05, 3.63) is 107 Å². The van der Waals surface area contributed by atoms with Gasteiger partial charge in [0.2, 0.25) is 11.8 Å². The van der Waals surface area contributed by atoms with Crippen LogP contribution in [0, 0.1) is 37.5 Å². The van der Waals surface area contributed by atoms with Gasteiger partial charge in [0.1, 0.15) is 11.4 Å². The Labute approximate surface area is 318 Å². The molecule has 0 spiro atoms. The number of carbonyl (C=O) groups excluding carboxylic acids is 5. The third kappa shape index (κ3) is 11.3. The van der Waals surface area contributed by atoms with Crippen molar-refractivity contribution in [3.63, 3.8) is 0 Å². The maximum Gasteiger partial charge on any atom is 0.304 e. The minimum absolute atomic E-state index is 0.00258. The van der Waals surface area contributed by atoms with Crippen molar-refractivity contribution in [1.82, 2.24) is 30.2 Å². The van der Waals surface area contributed by atoms with Gasteiger partial charge in [-0.25, -0.2) is 0 Å². The van der Waals surface area contributed by atoms with Gasteiger partial charge in [0.15, 0.2) is 17.8 Å². The first-order chi connectivity index (χ1) is 25.6. The van der Waals surface area contributed by atoms with Crippen LogP contribution in [0.3, 0.4) is 0 Å². The van der Waals surface area contributed by atoms with Gasteiger partial charge in [0, 0.05) is 50.8 Å². The standard InChI is InChI=1S/C20H25N3O2.C14H16N2O.C8H13NO3/c1-13(2)19-17(21-20(19)25)12-18(24)16-11-14(3)23(22-16)10-9-15-7-5-4-6-8-15;1-11-10-14(12(2)17)15-16(11)9-8-13-6-4-3-5-7-13;1-4(2)6-7(11)9-8(6)12-5(3)10/h4-8,11,13,17,19H,9-10,12H2,1-3H3,(H,21,25);3-7,10H,8-9H2,1-2H3;4,6,8H,1-3H3,(H,9,11)/t17-,19-;;6-,8+/m1.0/s1.